The van der Waals surface area contributed by atoms with Gasteiger partial charge in [0.2, 0.25) is 0 Å². The van der Waals surface area contributed by atoms with Crippen molar-refractivity contribution in [3.63, 3.8) is 0 Å². The van der Waals surface area contributed by atoms with Crippen LogP contribution >= 0.6 is 11.6 Å². The summed E-state index contributed by atoms with van der Waals surface area (Å²) < 4.78 is 0. The zero-order valence-corrected chi connectivity index (χ0v) is 13.8. The molecule has 1 heterocycles. The quantitative estimate of drug-likeness (QED) is 0.462. The van der Waals surface area contributed by atoms with Gasteiger partial charge in [-0.25, -0.2) is 4.98 Å². The van der Waals surface area contributed by atoms with Gasteiger partial charge in [-0.05, 0) is 18.6 Å². The van der Waals surface area contributed by atoms with Crippen LogP contribution in [0.25, 0.3) is 0 Å². The van der Waals surface area contributed by atoms with E-state index in [1.165, 1.54) is 51.4 Å². The number of unbranched alkanes of at least 4 members (excludes halogenated alkanes) is 8. The molecule has 3 nitrogen and oxygen atoms in total. The Morgan fingerprint density at radius 2 is 1.71 bits per heavy atom. The molecule has 0 aliphatic rings. The van der Waals surface area contributed by atoms with E-state index in [1.54, 1.807) is 18.3 Å². The second-order valence-corrected chi connectivity index (χ2v) is 5.78. The summed E-state index contributed by atoms with van der Waals surface area (Å²) in [6, 6.07) is 3.42. The molecule has 0 unspecified atom stereocenters. The number of amides is 1. The Morgan fingerprint density at radius 3 is 2.33 bits per heavy atom. The van der Waals surface area contributed by atoms with Crippen molar-refractivity contribution < 1.29 is 4.79 Å². The number of pyridine rings is 1. The fraction of sp³-hybridized carbons (Fsp3) is 0.647. The Hall–Kier alpha value is -1.09. The van der Waals surface area contributed by atoms with Crippen LogP contribution in [0.15, 0.2) is 18.3 Å². The summed E-state index contributed by atoms with van der Waals surface area (Å²) in [5.41, 5.74) is 0.454. The second-order valence-electron chi connectivity index (χ2n) is 5.43. The lowest BCUT2D eigenvalue weighted by Crippen LogP contribution is -2.24. The summed E-state index contributed by atoms with van der Waals surface area (Å²) in [5.74, 6) is -0.132. The predicted octanol–water partition coefficient (Wildman–Crippen LogP) is 5.00. The second kappa shape index (κ2) is 11.6. The van der Waals surface area contributed by atoms with E-state index in [1.807, 2.05) is 0 Å². The molecule has 1 aromatic heterocycles. The van der Waals surface area contributed by atoms with E-state index < -0.39 is 0 Å². The van der Waals surface area contributed by atoms with E-state index in [0.29, 0.717) is 12.1 Å². The molecule has 1 N–H and O–H groups in total. The van der Waals surface area contributed by atoms with Gasteiger partial charge in [0, 0.05) is 12.7 Å². The molecule has 0 aliphatic carbocycles. The lowest BCUT2D eigenvalue weighted by atomic mass is 10.1. The van der Waals surface area contributed by atoms with Gasteiger partial charge < -0.3 is 5.32 Å². The Balaban J connectivity index is 1.99. The molecule has 21 heavy (non-hydrogen) atoms. The van der Waals surface area contributed by atoms with Crippen molar-refractivity contribution in [3.8, 4) is 0 Å². The molecular weight excluding hydrogens is 284 g/mol. The summed E-state index contributed by atoms with van der Waals surface area (Å²) in [7, 11) is 0. The highest BCUT2D eigenvalue weighted by atomic mass is 35.5. The Morgan fingerprint density at radius 1 is 1.10 bits per heavy atom. The van der Waals surface area contributed by atoms with Crippen molar-refractivity contribution >= 4 is 17.5 Å². The number of halogens is 1. The maximum absolute atomic E-state index is 11.9. The van der Waals surface area contributed by atoms with Crippen LogP contribution in [0.5, 0.6) is 0 Å². The van der Waals surface area contributed by atoms with Gasteiger partial charge in [0.15, 0.2) is 0 Å². The van der Waals surface area contributed by atoms with Crippen molar-refractivity contribution in [2.45, 2.75) is 64.7 Å². The first-order valence-corrected chi connectivity index (χ1v) is 8.52. The third kappa shape index (κ3) is 8.05. The van der Waals surface area contributed by atoms with Gasteiger partial charge in [-0.1, -0.05) is 69.9 Å². The van der Waals surface area contributed by atoms with Crippen molar-refractivity contribution in [1.29, 1.82) is 0 Å². The minimum Gasteiger partial charge on any atom is -0.352 e. The number of aromatic nitrogens is 1. The first-order valence-electron chi connectivity index (χ1n) is 8.14. The Labute approximate surface area is 133 Å². The normalized spacial score (nSPS) is 10.6. The predicted molar refractivity (Wildman–Crippen MR) is 88.8 cm³/mol. The minimum absolute atomic E-state index is 0.132. The third-order valence-electron chi connectivity index (χ3n) is 3.57. The van der Waals surface area contributed by atoms with Gasteiger partial charge in [-0.2, -0.15) is 0 Å². The smallest absolute Gasteiger partial charge is 0.254 e. The van der Waals surface area contributed by atoms with Crippen LogP contribution in [0, 0.1) is 0 Å². The first kappa shape index (κ1) is 18.0. The number of hydrogen-bond donors (Lipinski definition) is 1. The lowest BCUT2D eigenvalue weighted by molar-refractivity contribution is 0.0952. The first-order chi connectivity index (χ1) is 10.3. The summed E-state index contributed by atoms with van der Waals surface area (Å²) in [6.07, 6.45) is 13.1. The van der Waals surface area contributed by atoms with Crippen LogP contribution in [0.2, 0.25) is 5.15 Å². The fourth-order valence-corrected chi connectivity index (χ4v) is 2.49. The maximum atomic E-state index is 11.9. The van der Waals surface area contributed by atoms with Gasteiger partial charge in [-0.15, -0.1) is 0 Å². The van der Waals surface area contributed by atoms with E-state index in [-0.39, 0.29) is 11.1 Å². The van der Waals surface area contributed by atoms with Crippen molar-refractivity contribution in [1.82, 2.24) is 10.3 Å². The topological polar surface area (TPSA) is 42.0 Å². The summed E-state index contributed by atoms with van der Waals surface area (Å²) in [4.78, 5) is 15.8. The molecule has 0 spiro atoms. The molecule has 0 aliphatic heterocycles. The standard InChI is InChI=1S/C17H27ClN2O/c1-2-3-4-5-6-7-8-9-10-13-20-17(21)15-12-11-14-19-16(15)18/h11-12,14H,2-10,13H2,1H3,(H,20,21). The Bertz CT molecular complexity index is 410. The average Bonchev–Trinajstić information content (AvgIpc) is 2.49. The molecule has 1 aromatic rings. The molecule has 0 atom stereocenters. The molecule has 1 rings (SSSR count). The number of hydrogen-bond acceptors (Lipinski definition) is 2. The monoisotopic (exact) mass is 310 g/mol. The largest absolute Gasteiger partial charge is 0.352 e. The van der Waals surface area contributed by atoms with Gasteiger partial charge in [0.25, 0.3) is 5.91 Å². The number of rotatable bonds is 11. The highest BCUT2D eigenvalue weighted by molar-refractivity contribution is 6.32. The average molecular weight is 311 g/mol. The molecule has 0 bridgehead atoms. The van der Waals surface area contributed by atoms with Gasteiger partial charge in [0.05, 0.1) is 5.56 Å². The molecule has 0 fully saturated rings. The lowest BCUT2D eigenvalue weighted by Gasteiger charge is -2.06. The Kier molecular flexibility index (Phi) is 9.88. The van der Waals surface area contributed by atoms with Gasteiger partial charge >= 0.3 is 0 Å². The zero-order valence-electron chi connectivity index (χ0n) is 13.0. The molecule has 0 aromatic carbocycles. The molecule has 1 amide bonds. The number of carbonyl (C=O) groups excluding carboxylic acids is 1. The number of nitrogens with one attached hydrogen (secondary N) is 1. The summed E-state index contributed by atoms with van der Waals surface area (Å²) in [5, 5.41) is 3.16. The van der Waals surface area contributed by atoms with Crippen LogP contribution < -0.4 is 5.32 Å². The molecule has 0 radical (unpaired) electrons. The highest BCUT2D eigenvalue weighted by Crippen LogP contribution is 2.11. The van der Waals surface area contributed by atoms with Gasteiger partial charge in [0.1, 0.15) is 5.15 Å². The van der Waals surface area contributed by atoms with Crippen LogP contribution in [-0.4, -0.2) is 17.4 Å². The molecule has 0 saturated heterocycles. The van der Waals surface area contributed by atoms with Crippen molar-refractivity contribution in [2.75, 3.05) is 6.54 Å². The van der Waals surface area contributed by atoms with E-state index >= 15 is 0 Å². The SMILES string of the molecule is CCCCCCCCCCCNC(=O)c1cccnc1Cl. The molecule has 118 valence electrons. The van der Waals surface area contributed by atoms with E-state index in [9.17, 15) is 4.79 Å². The van der Waals surface area contributed by atoms with E-state index in [0.717, 1.165) is 6.42 Å². The van der Waals surface area contributed by atoms with Crippen LogP contribution in [0.3, 0.4) is 0 Å². The number of nitrogens with zero attached hydrogens (tertiary/aromatic N) is 1. The maximum Gasteiger partial charge on any atom is 0.254 e. The van der Waals surface area contributed by atoms with Gasteiger partial charge in [-0.3, -0.25) is 4.79 Å². The molecule has 4 heteroatoms. The van der Waals surface area contributed by atoms with Crippen LogP contribution in [-0.2, 0) is 0 Å². The van der Waals surface area contributed by atoms with Crippen LogP contribution in [0.4, 0.5) is 0 Å². The highest BCUT2D eigenvalue weighted by Gasteiger charge is 2.09. The number of carbonyl (C=O) groups is 1. The third-order valence-corrected chi connectivity index (χ3v) is 3.87. The van der Waals surface area contributed by atoms with Crippen LogP contribution in [0.1, 0.15) is 75.1 Å². The fourth-order valence-electron chi connectivity index (χ4n) is 2.29. The van der Waals surface area contributed by atoms with E-state index in [2.05, 4.69) is 17.2 Å². The zero-order chi connectivity index (χ0) is 15.3. The van der Waals surface area contributed by atoms with Crippen molar-refractivity contribution in [3.05, 3.63) is 29.0 Å². The van der Waals surface area contributed by atoms with E-state index in [4.69, 9.17) is 11.6 Å². The van der Waals surface area contributed by atoms with Crippen molar-refractivity contribution in [2.24, 2.45) is 0 Å². The summed E-state index contributed by atoms with van der Waals surface area (Å²) >= 11 is 5.88. The molecular formula is C17H27ClN2O. The molecule has 0 saturated carbocycles. The minimum atomic E-state index is -0.132. The summed E-state index contributed by atoms with van der Waals surface area (Å²) in [6.45, 7) is 2.95.